The van der Waals surface area contributed by atoms with Gasteiger partial charge in [0.1, 0.15) is 11.6 Å². The summed E-state index contributed by atoms with van der Waals surface area (Å²) < 4.78 is 5.74. The number of hydrogen-bond donors (Lipinski definition) is 0. The van der Waals surface area contributed by atoms with Gasteiger partial charge in [0.15, 0.2) is 6.61 Å². The van der Waals surface area contributed by atoms with Crippen molar-refractivity contribution in [3.05, 3.63) is 89.6 Å². The van der Waals surface area contributed by atoms with E-state index in [4.69, 9.17) is 4.74 Å². The molecule has 132 valence electrons. The quantitative estimate of drug-likeness (QED) is 0.668. The van der Waals surface area contributed by atoms with Gasteiger partial charge in [-0.2, -0.15) is 0 Å². The van der Waals surface area contributed by atoms with Crippen LogP contribution in [-0.2, 0) is 11.3 Å². The van der Waals surface area contributed by atoms with Gasteiger partial charge in [0, 0.05) is 6.20 Å². The Hall–Kier alpha value is -3.14. The van der Waals surface area contributed by atoms with E-state index in [0.29, 0.717) is 12.4 Å². The second kappa shape index (κ2) is 8.30. The van der Waals surface area contributed by atoms with E-state index in [1.54, 1.807) is 11.1 Å². The molecule has 0 aliphatic heterocycles. The van der Waals surface area contributed by atoms with E-state index in [9.17, 15) is 4.79 Å². The third-order valence-electron chi connectivity index (χ3n) is 4.13. The van der Waals surface area contributed by atoms with Crippen molar-refractivity contribution < 1.29 is 9.53 Å². The molecule has 0 atom stereocenters. The van der Waals surface area contributed by atoms with Gasteiger partial charge in [0.2, 0.25) is 0 Å². The standard InChI is InChI=1S/C22H22N2O2/c1-17-10-12-19(13-11-17)15-24(21-9-5-6-14-23-21)22(25)16-26-20-8-4-3-7-18(20)2/h3-14H,15-16H2,1-2H3. The summed E-state index contributed by atoms with van der Waals surface area (Å²) in [6.45, 7) is 4.42. The third kappa shape index (κ3) is 4.48. The van der Waals surface area contributed by atoms with Crippen LogP contribution in [0.5, 0.6) is 5.75 Å². The van der Waals surface area contributed by atoms with Crippen molar-refractivity contribution >= 4 is 11.7 Å². The van der Waals surface area contributed by atoms with Gasteiger partial charge in [0.25, 0.3) is 5.91 Å². The average Bonchev–Trinajstić information content (AvgIpc) is 2.67. The lowest BCUT2D eigenvalue weighted by Crippen LogP contribution is -2.35. The maximum absolute atomic E-state index is 12.9. The fourth-order valence-corrected chi connectivity index (χ4v) is 2.62. The second-order valence-electron chi connectivity index (χ2n) is 6.21. The lowest BCUT2D eigenvalue weighted by atomic mass is 10.1. The van der Waals surface area contributed by atoms with Crippen molar-refractivity contribution in [1.82, 2.24) is 4.98 Å². The van der Waals surface area contributed by atoms with Crippen LogP contribution in [0, 0.1) is 13.8 Å². The van der Waals surface area contributed by atoms with Gasteiger partial charge < -0.3 is 4.74 Å². The molecule has 0 radical (unpaired) electrons. The number of rotatable bonds is 6. The van der Waals surface area contributed by atoms with Crippen molar-refractivity contribution in [1.29, 1.82) is 0 Å². The highest BCUT2D eigenvalue weighted by atomic mass is 16.5. The number of hydrogen-bond acceptors (Lipinski definition) is 3. The minimum Gasteiger partial charge on any atom is -0.483 e. The number of para-hydroxylation sites is 1. The van der Waals surface area contributed by atoms with Crippen molar-refractivity contribution in [2.24, 2.45) is 0 Å². The van der Waals surface area contributed by atoms with Gasteiger partial charge in [-0.25, -0.2) is 4.98 Å². The van der Waals surface area contributed by atoms with Crippen LogP contribution < -0.4 is 9.64 Å². The van der Waals surface area contributed by atoms with Crippen LogP contribution in [0.2, 0.25) is 0 Å². The summed E-state index contributed by atoms with van der Waals surface area (Å²) >= 11 is 0. The lowest BCUT2D eigenvalue weighted by molar-refractivity contribution is -0.120. The van der Waals surface area contributed by atoms with E-state index in [0.717, 1.165) is 16.9 Å². The van der Waals surface area contributed by atoms with Crippen LogP contribution in [0.4, 0.5) is 5.82 Å². The maximum atomic E-state index is 12.9. The minimum atomic E-state index is -0.132. The topological polar surface area (TPSA) is 42.4 Å². The number of carbonyl (C=O) groups is 1. The van der Waals surface area contributed by atoms with Gasteiger partial charge >= 0.3 is 0 Å². The number of ether oxygens (including phenoxy) is 1. The van der Waals surface area contributed by atoms with E-state index in [2.05, 4.69) is 4.98 Å². The molecule has 1 heterocycles. The molecule has 4 heteroatoms. The van der Waals surface area contributed by atoms with Crippen molar-refractivity contribution in [2.75, 3.05) is 11.5 Å². The molecule has 0 fully saturated rings. The average molecular weight is 346 g/mol. The summed E-state index contributed by atoms with van der Waals surface area (Å²) in [5.74, 6) is 1.20. The van der Waals surface area contributed by atoms with E-state index in [-0.39, 0.29) is 12.5 Å². The summed E-state index contributed by atoms with van der Waals surface area (Å²) in [6.07, 6.45) is 1.69. The summed E-state index contributed by atoms with van der Waals surface area (Å²) in [4.78, 5) is 18.9. The van der Waals surface area contributed by atoms with Crippen LogP contribution in [0.3, 0.4) is 0 Å². The number of anilines is 1. The maximum Gasteiger partial charge on any atom is 0.266 e. The fourth-order valence-electron chi connectivity index (χ4n) is 2.62. The van der Waals surface area contributed by atoms with Crippen LogP contribution in [-0.4, -0.2) is 17.5 Å². The summed E-state index contributed by atoms with van der Waals surface area (Å²) in [7, 11) is 0. The first-order valence-corrected chi connectivity index (χ1v) is 8.59. The molecule has 0 saturated carbocycles. The van der Waals surface area contributed by atoms with Crippen molar-refractivity contribution in [3.8, 4) is 5.75 Å². The number of aryl methyl sites for hydroxylation is 2. The molecule has 1 aromatic heterocycles. The first kappa shape index (κ1) is 17.7. The molecule has 0 bridgehead atoms. The predicted molar refractivity (Wildman–Crippen MR) is 103 cm³/mol. The molecule has 0 spiro atoms. The largest absolute Gasteiger partial charge is 0.483 e. The lowest BCUT2D eigenvalue weighted by Gasteiger charge is -2.22. The zero-order chi connectivity index (χ0) is 18.4. The van der Waals surface area contributed by atoms with Gasteiger partial charge in [-0.1, -0.05) is 54.1 Å². The van der Waals surface area contributed by atoms with Crippen molar-refractivity contribution in [2.45, 2.75) is 20.4 Å². The zero-order valence-electron chi connectivity index (χ0n) is 15.1. The molecule has 4 nitrogen and oxygen atoms in total. The highest BCUT2D eigenvalue weighted by Gasteiger charge is 2.18. The van der Waals surface area contributed by atoms with E-state index in [1.165, 1.54) is 5.56 Å². The highest BCUT2D eigenvalue weighted by Crippen LogP contribution is 2.18. The molecule has 0 N–H and O–H groups in total. The summed E-state index contributed by atoms with van der Waals surface area (Å²) in [5.41, 5.74) is 3.24. The molecule has 0 aliphatic carbocycles. The number of amides is 1. The first-order chi connectivity index (χ1) is 12.6. The number of benzene rings is 2. The monoisotopic (exact) mass is 346 g/mol. The Morgan fingerprint density at radius 2 is 1.69 bits per heavy atom. The molecule has 3 aromatic rings. The molecule has 1 amide bonds. The normalized spacial score (nSPS) is 10.4. The molecular weight excluding hydrogens is 324 g/mol. The Morgan fingerprint density at radius 3 is 2.38 bits per heavy atom. The van der Waals surface area contributed by atoms with Crippen LogP contribution in [0.15, 0.2) is 72.9 Å². The first-order valence-electron chi connectivity index (χ1n) is 8.59. The number of aromatic nitrogens is 1. The predicted octanol–water partition coefficient (Wildman–Crippen LogP) is 4.31. The van der Waals surface area contributed by atoms with Crippen LogP contribution in [0.1, 0.15) is 16.7 Å². The highest BCUT2D eigenvalue weighted by molar-refractivity contribution is 5.93. The molecule has 2 aromatic carbocycles. The summed E-state index contributed by atoms with van der Waals surface area (Å²) in [6, 6.07) is 21.4. The number of carbonyl (C=O) groups excluding carboxylic acids is 1. The SMILES string of the molecule is Cc1ccc(CN(C(=O)COc2ccccc2C)c2ccccn2)cc1. The Labute approximate surface area is 154 Å². The Morgan fingerprint density at radius 1 is 0.962 bits per heavy atom. The zero-order valence-corrected chi connectivity index (χ0v) is 15.1. The summed E-state index contributed by atoms with van der Waals surface area (Å²) in [5, 5.41) is 0. The Balaban J connectivity index is 1.77. The molecule has 0 saturated heterocycles. The van der Waals surface area contributed by atoms with Gasteiger partial charge in [-0.3, -0.25) is 9.69 Å². The third-order valence-corrected chi connectivity index (χ3v) is 4.13. The van der Waals surface area contributed by atoms with Gasteiger partial charge in [0.05, 0.1) is 6.54 Å². The second-order valence-corrected chi connectivity index (χ2v) is 6.21. The number of nitrogens with zero attached hydrogens (tertiary/aromatic N) is 2. The van der Waals surface area contributed by atoms with Crippen LogP contribution in [0.25, 0.3) is 0 Å². The smallest absolute Gasteiger partial charge is 0.266 e. The van der Waals surface area contributed by atoms with Crippen molar-refractivity contribution in [3.63, 3.8) is 0 Å². The Bertz CT molecular complexity index is 861. The number of pyridine rings is 1. The van der Waals surface area contributed by atoms with Gasteiger partial charge in [-0.05, 0) is 43.2 Å². The molecular formula is C22H22N2O2. The Kier molecular flexibility index (Phi) is 5.64. The fraction of sp³-hybridized carbons (Fsp3) is 0.182. The molecule has 26 heavy (non-hydrogen) atoms. The minimum absolute atomic E-state index is 0.0344. The van der Waals surface area contributed by atoms with E-state index >= 15 is 0 Å². The van der Waals surface area contributed by atoms with Gasteiger partial charge in [-0.15, -0.1) is 0 Å². The van der Waals surface area contributed by atoms with Crippen LogP contribution >= 0.6 is 0 Å². The van der Waals surface area contributed by atoms with E-state index in [1.807, 2.05) is 80.6 Å². The molecule has 3 rings (SSSR count). The van der Waals surface area contributed by atoms with E-state index < -0.39 is 0 Å². The molecule has 0 unspecified atom stereocenters. The molecule has 0 aliphatic rings.